The van der Waals surface area contributed by atoms with E-state index in [1.165, 1.54) is 25.8 Å². The summed E-state index contributed by atoms with van der Waals surface area (Å²) in [6.07, 6.45) is 4.98. The molecule has 3 heteroatoms. The minimum absolute atomic E-state index is 0.320. The summed E-state index contributed by atoms with van der Waals surface area (Å²) in [4.78, 5) is 5.10. The number of likely N-dealkylation sites (N-methyl/N-ethyl adjacent to an activating group) is 1. The molecule has 2 unspecified atom stereocenters. The molecule has 0 aromatic rings. The van der Waals surface area contributed by atoms with Crippen LogP contribution in [0.25, 0.3) is 0 Å². The SMILES string of the molecule is CC1CCN(C2CC2)CC(CCO)N1C. The maximum absolute atomic E-state index is 9.11. The zero-order valence-electron chi connectivity index (χ0n) is 10.0. The quantitative estimate of drug-likeness (QED) is 0.754. The van der Waals surface area contributed by atoms with Crippen molar-refractivity contribution in [2.24, 2.45) is 0 Å². The Morgan fingerprint density at radius 1 is 1.27 bits per heavy atom. The van der Waals surface area contributed by atoms with Gasteiger partial charge in [0, 0.05) is 31.3 Å². The Morgan fingerprint density at radius 2 is 2.00 bits per heavy atom. The Hall–Kier alpha value is -0.120. The lowest BCUT2D eigenvalue weighted by Gasteiger charge is -2.31. The second-order valence-electron chi connectivity index (χ2n) is 5.20. The van der Waals surface area contributed by atoms with Crippen LogP contribution < -0.4 is 0 Å². The van der Waals surface area contributed by atoms with Crippen LogP contribution in [0.15, 0.2) is 0 Å². The van der Waals surface area contributed by atoms with Gasteiger partial charge in [-0.2, -0.15) is 0 Å². The van der Waals surface area contributed by atoms with Crippen LogP contribution >= 0.6 is 0 Å². The first kappa shape index (κ1) is 11.4. The van der Waals surface area contributed by atoms with E-state index in [0.29, 0.717) is 18.7 Å². The molecule has 3 nitrogen and oxygen atoms in total. The van der Waals surface area contributed by atoms with Crippen LogP contribution in [0.4, 0.5) is 0 Å². The molecule has 1 aliphatic carbocycles. The monoisotopic (exact) mass is 212 g/mol. The molecular formula is C12H24N2O. The highest BCUT2D eigenvalue weighted by atomic mass is 16.3. The maximum atomic E-state index is 9.11. The van der Waals surface area contributed by atoms with E-state index in [4.69, 9.17) is 5.11 Å². The van der Waals surface area contributed by atoms with Crippen molar-refractivity contribution in [1.29, 1.82) is 0 Å². The van der Waals surface area contributed by atoms with Gasteiger partial charge < -0.3 is 5.11 Å². The average Bonchev–Trinajstić information content (AvgIpc) is 3.03. The Balaban J connectivity index is 1.97. The molecule has 1 heterocycles. The van der Waals surface area contributed by atoms with Crippen molar-refractivity contribution in [3.63, 3.8) is 0 Å². The van der Waals surface area contributed by atoms with E-state index in [1.807, 2.05) is 0 Å². The van der Waals surface area contributed by atoms with E-state index in [2.05, 4.69) is 23.8 Å². The molecule has 0 aromatic carbocycles. The van der Waals surface area contributed by atoms with E-state index in [-0.39, 0.29) is 0 Å². The molecule has 15 heavy (non-hydrogen) atoms. The Bertz CT molecular complexity index is 206. The van der Waals surface area contributed by atoms with Crippen molar-refractivity contribution in [3.8, 4) is 0 Å². The summed E-state index contributed by atoms with van der Waals surface area (Å²) in [6.45, 7) is 5.03. The molecule has 1 aliphatic heterocycles. The molecule has 2 rings (SSSR count). The zero-order valence-corrected chi connectivity index (χ0v) is 10.0. The molecular weight excluding hydrogens is 188 g/mol. The third-order valence-corrected chi connectivity index (χ3v) is 4.08. The van der Waals surface area contributed by atoms with E-state index in [9.17, 15) is 0 Å². The molecule has 0 radical (unpaired) electrons. The highest BCUT2D eigenvalue weighted by molar-refractivity contribution is 4.90. The van der Waals surface area contributed by atoms with Gasteiger partial charge in [0.25, 0.3) is 0 Å². The van der Waals surface area contributed by atoms with Crippen LogP contribution in [0, 0.1) is 0 Å². The van der Waals surface area contributed by atoms with Crippen molar-refractivity contribution >= 4 is 0 Å². The lowest BCUT2D eigenvalue weighted by molar-refractivity contribution is 0.139. The molecule has 1 saturated carbocycles. The van der Waals surface area contributed by atoms with Gasteiger partial charge in [-0.25, -0.2) is 0 Å². The van der Waals surface area contributed by atoms with Gasteiger partial charge in [-0.1, -0.05) is 0 Å². The number of hydrogen-bond donors (Lipinski definition) is 1. The fourth-order valence-corrected chi connectivity index (χ4v) is 2.62. The largest absolute Gasteiger partial charge is 0.396 e. The van der Waals surface area contributed by atoms with Crippen molar-refractivity contribution < 1.29 is 5.11 Å². The maximum Gasteiger partial charge on any atom is 0.0446 e. The fourth-order valence-electron chi connectivity index (χ4n) is 2.62. The standard InChI is InChI=1S/C12H24N2O/c1-10-5-7-14(11-3-4-11)9-12(6-8-15)13(10)2/h10-12,15H,3-9H2,1-2H3. The average molecular weight is 212 g/mol. The van der Waals surface area contributed by atoms with Crippen LogP contribution in [-0.2, 0) is 0 Å². The van der Waals surface area contributed by atoms with Crippen LogP contribution in [0.1, 0.15) is 32.6 Å². The van der Waals surface area contributed by atoms with Gasteiger partial charge in [-0.05, 0) is 46.2 Å². The van der Waals surface area contributed by atoms with Crippen LogP contribution in [0.5, 0.6) is 0 Å². The van der Waals surface area contributed by atoms with E-state index in [0.717, 1.165) is 19.0 Å². The van der Waals surface area contributed by atoms with Gasteiger partial charge in [0.15, 0.2) is 0 Å². The first-order valence-electron chi connectivity index (χ1n) is 6.29. The van der Waals surface area contributed by atoms with Crippen LogP contribution in [0.2, 0.25) is 0 Å². The molecule has 1 saturated heterocycles. The number of aliphatic hydroxyl groups is 1. The minimum atomic E-state index is 0.320. The van der Waals surface area contributed by atoms with Crippen molar-refractivity contribution in [2.45, 2.75) is 50.7 Å². The van der Waals surface area contributed by atoms with Crippen molar-refractivity contribution in [2.75, 3.05) is 26.7 Å². The van der Waals surface area contributed by atoms with Gasteiger partial charge >= 0.3 is 0 Å². The number of rotatable bonds is 3. The summed E-state index contributed by atoms with van der Waals surface area (Å²) in [5.74, 6) is 0. The Morgan fingerprint density at radius 3 is 2.60 bits per heavy atom. The smallest absolute Gasteiger partial charge is 0.0446 e. The third kappa shape index (κ3) is 2.71. The van der Waals surface area contributed by atoms with Crippen LogP contribution in [-0.4, -0.2) is 59.8 Å². The Labute approximate surface area is 93.1 Å². The molecule has 0 bridgehead atoms. The highest BCUT2D eigenvalue weighted by Gasteiger charge is 2.34. The topological polar surface area (TPSA) is 26.7 Å². The van der Waals surface area contributed by atoms with Gasteiger partial charge in [0.05, 0.1) is 0 Å². The molecule has 2 atom stereocenters. The molecule has 2 fully saturated rings. The molecule has 0 spiro atoms. The predicted molar refractivity (Wildman–Crippen MR) is 61.9 cm³/mol. The minimum Gasteiger partial charge on any atom is -0.396 e. The second kappa shape index (κ2) is 4.81. The van der Waals surface area contributed by atoms with Crippen molar-refractivity contribution in [1.82, 2.24) is 9.80 Å². The first-order chi connectivity index (χ1) is 7.22. The van der Waals surface area contributed by atoms with E-state index < -0.39 is 0 Å². The number of hydrogen-bond acceptors (Lipinski definition) is 3. The third-order valence-electron chi connectivity index (χ3n) is 4.08. The zero-order chi connectivity index (χ0) is 10.8. The van der Waals surface area contributed by atoms with Gasteiger partial charge in [0.1, 0.15) is 0 Å². The molecule has 1 N–H and O–H groups in total. The number of nitrogens with zero attached hydrogens (tertiary/aromatic N) is 2. The normalized spacial score (nSPS) is 35.4. The summed E-state index contributed by atoms with van der Waals surface area (Å²) in [5.41, 5.74) is 0. The molecule has 0 aromatic heterocycles. The van der Waals surface area contributed by atoms with Crippen LogP contribution in [0.3, 0.4) is 0 Å². The van der Waals surface area contributed by atoms with E-state index >= 15 is 0 Å². The molecule has 2 aliphatic rings. The lowest BCUT2D eigenvalue weighted by Crippen LogP contribution is -2.42. The number of aliphatic hydroxyl groups excluding tert-OH is 1. The van der Waals surface area contributed by atoms with Gasteiger partial charge in [-0.3, -0.25) is 9.80 Å². The predicted octanol–water partition coefficient (Wildman–Crippen LogP) is 0.926. The highest BCUT2D eigenvalue weighted by Crippen LogP contribution is 2.29. The fraction of sp³-hybridized carbons (Fsp3) is 1.00. The molecule has 88 valence electrons. The second-order valence-corrected chi connectivity index (χ2v) is 5.20. The van der Waals surface area contributed by atoms with E-state index in [1.54, 1.807) is 0 Å². The molecule has 0 amide bonds. The van der Waals surface area contributed by atoms with Gasteiger partial charge in [-0.15, -0.1) is 0 Å². The van der Waals surface area contributed by atoms with Gasteiger partial charge in [0.2, 0.25) is 0 Å². The summed E-state index contributed by atoms with van der Waals surface area (Å²) in [7, 11) is 2.21. The first-order valence-corrected chi connectivity index (χ1v) is 6.29. The Kier molecular flexibility index (Phi) is 3.65. The summed E-state index contributed by atoms with van der Waals surface area (Å²) in [5, 5.41) is 9.11. The lowest BCUT2D eigenvalue weighted by atomic mass is 10.1. The summed E-state index contributed by atoms with van der Waals surface area (Å²) in [6, 6.07) is 2.07. The summed E-state index contributed by atoms with van der Waals surface area (Å²) >= 11 is 0. The summed E-state index contributed by atoms with van der Waals surface area (Å²) < 4.78 is 0. The van der Waals surface area contributed by atoms with Crippen molar-refractivity contribution in [3.05, 3.63) is 0 Å².